The molecule has 0 atom stereocenters. The van der Waals surface area contributed by atoms with Gasteiger partial charge in [0, 0.05) is 6.07 Å². The number of anilines is 1. The number of amides is 1. The lowest BCUT2D eigenvalue weighted by Gasteiger charge is -2.10. The molecule has 0 fully saturated rings. The van der Waals surface area contributed by atoms with Crippen molar-refractivity contribution >= 4 is 23.0 Å². The Balaban J connectivity index is 2.98. The molecule has 0 unspecified atom stereocenters. The van der Waals surface area contributed by atoms with Crippen LogP contribution in [0.2, 0.25) is 0 Å². The number of hydrogen-bond donors (Lipinski definition) is 2. The highest BCUT2D eigenvalue weighted by Crippen LogP contribution is 2.28. The molecule has 1 aromatic rings. The van der Waals surface area contributed by atoms with Gasteiger partial charge in [0.05, 0.1) is 15.9 Å². The molecule has 0 aliphatic heterocycles. The summed E-state index contributed by atoms with van der Waals surface area (Å²) >= 11 is 0. The smallest absolute Gasteiger partial charge is 0.292 e. The van der Waals surface area contributed by atoms with Crippen molar-refractivity contribution in [1.82, 2.24) is 5.43 Å². The van der Waals surface area contributed by atoms with Crippen LogP contribution < -0.4 is 10.9 Å². The lowest BCUT2D eigenvalue weighted by Crippen LogP contribution is -2.40. The number of halogens is 3. The Labute approximate surface area is 107 Å². The average Bonchev–Trinajstić information content (AvgIpc) is 2.34. The SMILES string of the molecule is O=C(NNc1ccc([N+](=O)[O-])cc1[N+](=O)[O-])C(F)(F)F. The van der Waals surface area contributed by atoms with Crippen molar-refractivity contribution in [3.63, 3.8) is 0 Å². The van der Waals surface area contributed by atoms with Gasteiger partial charge in [-0.05, 0) is 6.07 Å². The van der Waals surface area contributed by atoms with Crippen molar-refractivity contribution in [2.24, 2.45) is 0 Å². The van der Waals surface area contributed by atoms with Gasteiger partial charge in [-0.25, -0.2) is 0 Å². The van der Waals surface area contributed by atoms with Crippen molar-refractivity contribution in [2.45, 2.75) is 6.18 Å². The fourth-order valence-corrected chi connectivity index (χ4v) is 1.09. The van der Waals surface area contributed by atoms with E-state index in [1.807, 2.05) is 0 Å². The van der Waals surface area contributed by atoms with Crippen LogP contribution in [0.3, 0.4) is 0 Å². The van der Waals surface area contributed by atoms with Crippen LogP contribution in [-0.4, -0.2) is 21.9 Å². The number of rotatable bonds is 4. The lowest BCUT2D eigenvalue weighted by molar-refractivity contribution is -0.393. The number of hydrogen-bond acceptors (Lipinski definition) is 6. The van der Waals surface area contributed by atoms with Crippen molar-refractivity contribution in [1.29, 1.82) is 0 Å². The fraction of sp³-hybridized carbons (Fsp3) is 0.125. The molecule has 0 bridgehead atoms. The standard InChI is InChI=1S/C8H5F3N4O5/c9-8(10,11)7(16)13-12-5-2-1-4(14(17)18)3-6(5)15(19)20/h1-3,12H,(H,13,16). The number of carbonyl (C=O) groups excluding carboxylic acids is 1. The first-order valence-electron chi connectivity index (χ1n) is 4.69. The first-order chi connectivity index (χ1) is 9.12. The summed E-state index contributed by atoms with van der Waals surface area (Å²) < 4.78 is 35.7. The Hall–Kier alpha value is -2.92. The Morgan fingerprint density at radius 3 is 2.20 bits per heavy atom. The second-order valence-corrected chi connectivity index (χ2v) is 3.29. The number of nitrogens with zero attached hydrogens (tertiary/aromatic N) is 2. The maximum Gasteiger partial charge on any atom is 0.472 e. The van der Waals surface area contributed by atoms with Gasteiger partial charge < -0.3 is 0 Å². The monoisotopic (exact) mass is 294 g/mol. The zero-order valence-corrected chi connectivity index (χ0v) is 9.30. The molecule has 12 heteroatoms. The normalized spacial score (nSPS) is 10.8. The van der Waals surface area contributed by atoms with E-state index in [2.05, 4.69) is 0 Å². The molecule has 20 heavy (non-hydrogen) atoms. The van der Waals surface area contributed by atoms with Gasteiger partial charge in [-0.15, -0.1) is 0 Å². The fourth-order valence-electron chi connectivity index (χ4n) is 1.09. The van der Waals surface area contributed by atoms with Gasteiger partial charge in [-0.1, -0.05) is 0 Å². The highest BCUT2D eigenvalue weighted by molar-refractivity contribution is 5.83. The van der Waals surface area contributed by atoms with Crippen LogP contribution in [0.25, 0.3) is 0 Å². The van der Waals surface area contributed by atoms with E-state index in [9.17, 15) is 38.2 Å². The first-order valence-corrected chi connectivity index (χ1v) is 4.69. The van der Waals surface area contributed by atoms with E-state index in [4.69, 9.17) is 0 Å². The summed E-state index contributed by atoms with van der Waals surface area (Å²) in [7, 11) is 0. The van der Waals surface area contributed by atoms with E-state index in [1.165, 1.54) is 5.43 Å². The van der Waals surface area contributed by atoms with Crippen molar-refractivity contribution in [2.75, 3.05) is 5.43 Å². The molecule has 9 nitrogen and oxygen atoms in total. The zero-order chi connectivity index (χ0) is 15.5. The lowest BCUT2D eigenvalue weighted by atomic mass is 10.2. The zero-order valence-electron chi connectivity index (χ0n) is 9.30. The van der Waals surface area contributed by atoms with Gasteiger partial charge in [0.25, 0.3) is 5.69 Å². The third-order valence-corrected chi connectivity index (χ3v) is 1.96. The van der Waals surface area contributed by atoms with Gasteiger partial charge in [-0.2, -0.15) is 13.2 Å². The minimum atomic E-state index is -5.18. The van der Waals surface area contributed by atoms with Crippen LogP contribution in [0, 0.1) is 20.2 Å². The molecule has 0 spiro atoms. The molecule has 1 aromatic carbocycles. The highest BCUT2D eigenvalue weighted by Gasteiger charge is 2.39. The predicted molar refractivity (Wildman–Crippen MR) is 57.6 cm³/mol. The topological polar surface area (TPSA) is 127 Å². The summed E-state index contributed by atoms with van der Waals surface area (Å²) in [6.07, 6.45) is -5.18. The Morgan fingerprint density at radius 1 is 1.15 bits per heavy atom. The predicted octanol–water partition coefficient (Wildman–Crippen LogP) is 1.51. The number of nitro benzene ring substituents is 2. The summed E-state index contributed by atoms with van der Waals surface area (Å²) in [5.74, 6) is -2.37. The van der Waals surface area contributed by atoms with Crippen molar-refractivity contribution < 1.29 is 27.8 Å². The number of non-ortho nitro benzene ring substituents is 1. The van der Waals surface area contributed by atoms with Crippen molar-refractivity contribution in [3.8, 4) is 0 Å². The summed E-state index contributed by atoms with van der Waals surface area (Å²) in [6, 6.07) is 2.17. The van der Waals surface area contributed by atoms with Crippen LogP contribution in [0.1, 0.15) is 0 Å². The van der Waals surface area contributed by atoms with Crippen molar-refractivity contribution in [3.05, 3.63) is 38.4 Å². The molecule has 1 rings (SSSR count). The van der Waals surface area contributed by atoms with Crippen LogP contribution >= 0.6 is 0 Å². The van der Waals surface area contributed by atoms with E-state index >= 15 is 0 Å². The van der Waals surface area contributed by atoms with Gasteiger partial charge in [0.2, 0.25) is 0 Å². The maximum absolute atomic E-state index is 11.9. The Morgan fingerprint density at radius 2 is 1.75 bits per heavy atom. The van der Waals surface area contributed by atoms with E-state index in [0.29, 0.717) is 6.07 Å². The summed E-state index contributed by atoms with van der Waals surface area (Å²) in [6.45, 7) is 0. The van der Waals surface area contributed by atoms with Crippen LogP contribution in [-0.2, 0) is 4.79 Å². The second-order valence-electron chi connectivity index (χ2n) is 3.29. The molecule has 1 amide bonds. The third kappa shape index (κ3) is 3.54. The van der Waals surface area contributed by atoms with E-state index in [0.717, 1.165) is 12.1 Å². The van der Waals surface area contributed by atoms with Gasteiger partial charge in [0.1, 0.15) is 5.69 Å². The summed E-state index contributed by atoms with van der Waals surface area (Å²) in [5.41, 5.74) is 0.868. The number of benzene rings is 1. The molecular weight excluding hydrogens is 289 g/mol. The van der Waals surface area contributed by atoms with Crippen LogP contribution in [0.15, 0.2) is 18.2 Å². The van der Waals surface area contributed by atoms with E-state index in [1.54, 1.807) is 5.43 Å². The van der Waals surface area contributed by atoms with Gasteiger partial charge >= 0.3 is 17.8 Å². The number of hydrazine groups is 1. The maximum atomic E-state index is 11.9. The van der Waals surface area contributed by atoms with Gasteiger partial charge in [0.15, 0.2) is 0 Å². The minimum absolute atomic E-state index is 0.529. The molecule has 0 aromatic heterocycles. The highest BCUT2D eigenvalue weighted by atomic mass is 19.4. The largest absolute Gasteiger partial charge is 0.472 e. The molecule has 2 N–H and O–H groups in total. The molecule has 0 saturated carbocycles. The quantitative estimate of drug-likeness (QED) is 0.640. The number of alkyl halides is 3. The molecule has 108 valence electrons. The summed E-state index contributed by atoms with van der Waals surface area (Å²) in [4.78, 5) is 29.6. The number of carbonyl (C=O) groups is 1. The Bertz CT molecular complexity index is 574. The molecular formula is C8H5F3N4O5. The molecule has 0 saturated heterocycles. The third-order valence-electron chi connectivity index (χ3n) is 1.96. The molecule has 0 aliphatic carbocycles. The van der Waals surface area contributed by atoms with E-state index in [-0.39, 0.29) is 0 Å². The molecule has 0 radical (unpaired) electrons. The van der Waals surface area contributed by atoms with E-state index < -0.39 is 39.0 Å². The number of nitro groups is 2. The first kappa shape index (κ1) is 15.1. The average molecular weight is 294 g/mol. The second kappa shape index (κ2) is 5.38. The van der Waals surface area contributed by atoms with Crippen LogP contribution in [0.5, 0.6) is 0 Å². The number of nitrogens with one attached hydrogen (secondary N) is 2. The molecule has 0 aliphatic rings. The van der Waals surface area contributed by atoms with Crippen LogP contribution in [0.4, 0.5) is 30.2 Å². The Kier molecular flexibility index (Phi) is 4.07. The molecule has 0 heterocycles. The van der Waals surface area contributed by atoms with Gasteiger partial charge in [-0.3, -0.25) is 35.9 Å². The minimum Gasteiger partial charge on any atom is -0.292 e. The summed E-state index contributed by atoms with van der Waals surface area (Å²) in [5, 5.41) is 21.1.